The van der Waals surface area contributed by atoms with E-state index in [0.717, 1.165) is 22.0 Å². The molecule has 0 radical (unpaired) electrons. The van der Waals surface area contributed by atoms with Crippen molar-refractivity contribution in [2.45, 2.75) is 39.3 Å². The number of amides is 3. The molecule has 3 aromatic rings. The largest absolute Gasteiger partial charge is 0.467 e. The maximum absolute atomic E-state index is 13.4. The Balaban J connectivity index is 1.58. The number of aromatic nitrogens is 1. The van der Waals surface area contributed by atoms with Crippen molar-refractivity contribution in [1.82, 2.24) is 14.8 Å². The SMILES string of the molecule is CC[C@]1(c2ccc(F)cc2)NC(=O)N(CC(=O)c2cc(C)n(Cc3ccco3)c2C)C1=O. The number of imide groups is 1. The average Bonchev–Trinajstić information content (AvgIpc) is 3.45. The van der Waals surface area contributed by atoms with Crippen molar-refractivity contribution in [3.05, 3.63) is 82.8 Å². The van der Waals surface area contributed by atoms with Crippen LogP contribution in [0.4, 0.5) is 9.18 Å². The number of furan rings is 1. The van der Waals surface area contributed by atoms with Gasteiger partial charge in [-0.15, -0.1) is 0 Å². The number of Topliss-reactive ketones (excluding diaryl/α,β-unsaturated/α-hetero) is 1. The van der Waals surface area contributed by atoms with E-state index in [1.165, 1.54) is 24.3 Å². The molecule has 0 saturated carbocycles. The molecular weight excluding hydrogens is 413 g/mol. The van der Waals surface area contributed by atoms with Gasteiger partial charge in [-0.05, 0) is 56.2 Å². The molecule has 1 fully saturated rings. The lowest BCUT2D eigenvalue weighted by molar-refractivity contribution is -0.131. The third-order valence-electron chi connectivity index (χ3n) is 6.11. The van der Waals surface area contributed by atoms with Crippen LogP contribution in [-0.2, 0) is 16.9 Å². The third-order valence-corrected chi connectivity index (χ3v) is 6.11. The molecule has 32 heavy (non-hydrogen) atoms. The molecule has 2 aromatic heterocycles. The summed E-state index contributed by atoms with van der Waals surface area (Å²) in [6.45, 7) is 5.57. The Morgan fingerprint density at radius 1 is 1.16 bits per heavy atom. The second-order valence-corrected chi connectivity index (χ2v) is 7.96. The second-order valence-electron chi connectivity index (χ2n) is 7.96. The Morgan fingerprint density at radius 3 is 2.50 bits per heavy atom. The molecule has 4 rings (SSSR count). The highest BCUT2D eigenvalue weighted by Gasteiger charge is 2.51. The lowest BCUT2D eigenvalue weighted by Gasteiger charge is -2.25. The first-order chi connectivity index (χ1) is 15.3. The number of nitrogens with zero attached hydrogens (tertiary/aromatic N) is 2. The molecule has 8 heteroatoms. The summed E-state index contributed by atoms with van der Waals surface area (Å²) in [4.78, 5) is 40.0. The Hall–Kier alpha value is -3.68. The van der Waals surface area contributed by atoms with Gasteiger partial charge >= 0.3 is 6.03 Å². The van der Waals surface area contributed by atoms with E-state index in [-0.39, 0.29) is 18.7 Å². The van der Waals surface area contributed by atoms with Crippen LogP contribution >= 0.6 is 0 Å². The van der Waals surface area contributed by atoms with E-state index >= 15 is 0 Å². The summed E-state index contributed by atoms with van der Waals surface area (Å²) in [5.41, 5.74) is 1.21. The summed E-state index contributed by atoms with van der Waals surface area (Å²) in [6, 6.07) is 10.2. The van der Waals surface area contributed by atoms with Crippen LogP contribution in [0.3, 0.4) is 0 Å². The Labute approximate surface area is 184 Å². The Bertz CT molecular complexity index is 1180. The second kappa shape index (κ2) is 8.11. The summed E-state index contributed by atoms with van der Waals surface area (Å²) in [5, 5.41) is 2.72. The topological polar surface area (TPSA) is 84.6 Å². The van der Waals surface area contributed by atoms with Crippen molar-refractivity contribution in [2.75, 3.05) is 6.54 Å². The van der Waals surface area contributed by atoms with Crippen molar-refractivity contribution in [1.29, 1.82) is 0 Å². The Morgan fingerprint density at radius 2 is 1.88 bits per heavy atom. The van der Waals surface area contributed by atoms with Gasteiger partial charge in [0.1, 0.15) is 17.1 Å². The van der Waals surface area contributed by atoms with Gasteiger partial charge in [-0.2, -0.15) is 0 Å². The molecule has 1 aliphatic heterocycles. The van der Waals surface area contributed by atoms with Crippen LogP contribution in [-0.4, -0.2) is 33.7 Å². The van der Waals surface area contributed by atoms with Crippen LogP contribution in [0.25, 0.3) is 0 Å². The first-order valence-electron chi connectivity index (χ1n) is 10.4. The zero-order valence-electron chi connectivity index (χ0n) is 18.1. The molecule has 166 valence electrons. The standard InChI is InChI=1S/C24H24FN3O4/c1-4-24(17-7-9-18(25)10-8-17)22(30)28(23(31)26-24)14-21(29)20-12-15(2)27(16(20)3)13-19-6-5-11-32-19/h5-12H,4,13-14H2,1-3H3,(H,26,31)/t24-/m1/s1. The number of rotatable bonds is 7. The number of hydrogen-bond donors (Lipinski definition) is 1. The first kappa shape index (κ1) is 21.5. The summed E-state index contributed by atoms with van der Waals surface area (Å²) < 4.78 is 20.7. The van der Waals surface area contributed by atoms with Crippen molar-refractivity contribution in [3.63, 3.8) is 0 Å². The van der Waals surface area contributed by atoms with Gasteiger partial charge in [-0.1, -0.05) is 19.1 Å². The maximum Gasteiger partial charge on any atom is 0.325 e. The van der Waals surface area contributed by atoms with Crippen LogP contribution in [0.1, 0.15) is 46.4 Å². The molecule has 0 spiro atoms. The van der Waals surface area contributed by atoms with Gasteiger partial charge in [0.25, 0.3) is 5.91 Å². The number of ketones is 1. The van der Waals surface area contributed by atoms with Gasteiger partial charge < -0.3 is 14.3 Å². The fraction of sp³-hybridized carbons (Fsp3) is 0.292. The van der Waals surface area contributed by atoms with Crippen molar-refractivity contribution in [3.8, 4) is 0 Å². The molecule has 1 aromatic carbocycles. The van der Waals surface area contributed by atoms with Crippen molar-refractivity contribution >= 4 is 17.7 Å². The van der Waals surface area contributed by atoms with Gasteiger partial charge in [0.05, 0.1) is 19.4 Å². The van der Waals surface area contributed by atoms with Gasteiger partial charge in [-0.25, -0.2) is 9.18 Å². The lowest BCUT2D eigenvalue weighted by atomic mass is 9.87. The first-order valence-corrected chi connectivity index (χ1v) is 10.4. The van der Waals surface area contributed by atoms with Crippen LogP contribution < -0.4 is 5.32 Å². The maximum atomic E-state index is 13.4. The average molecular weight is 437 g/mol. The number of carbonyl (C=O) groups excluding carboxylic acids is 3. The number of urea groups is 1. The highest BCUT2D eigenvalue weighted by Crippen LogP contribution is 2.33. The fourth-order valence-corrected chi connectivity index (χ4v) is 4.26. The normalized spacial score (nSPS) is 18.3. The summed E-state index contributed by atoms with van der Waals surface area (Å²) >= 11 is 0. The molecule has 7 nitrogen and oxygen atoms in total. The van der Waals surface area contributed by atoms with Gasteiger partial charge in [-0.3, -0.25) is 14.5 Å². The van der Waals surface area contributed by atoms with Crippen LogP contribution in [0, 0.1) is 19.7 Å². The summed E-state index contributed by atoms with van der Waals surface area (Å²) in [5.74, 6) is -0.534. The number of aryl methyl sites for hydroxylation is 1. The molecular formula is C24H24FN3O4. The molecule has 1 atom stereocenters. The minimum Gasteiger partial charge on any atom is -0.467 e. The van der Waals surface area contributed by atoms with Crippen LogP contribution in [0.2, 0.25) is 0 Å². The fourth-order valence-electron chi connectivity index (χ4n) is 4.26. The van der Waals surface area contributed by atoms with E-state index in [9.17, 15) is 18.8 Å². The molecule has 3 heterocycles. The number of benzene rings is 1. The summed E-state index contributed by atoms with van der Waals surface area (Å²) in [6.07, 6.45) is 1.86. The smallest absolute Gasteiger partial charge is 0.325 e. The molecule has 0 unspecified atom stereocenters. The van der Waals surface area contributed by atoms with Gasteiger partial charge in [0.2, 0.25) is 0 Å². The molecule has 3 amide bonds. The molecule has 1 N–H and O–H groups in total. The van der Waals surface area contributed by atoms with Crippen molar-refractivity contribution in [2.24, 2.45) is 0 Å². The number of carbonyl (C=O) groups is 3. The predicted octanol–water partition coefficient (Wildman–Crippen LogP) is 3.93. The third kappa shape index (κ3) is 3.51. The molecule has 1 aliphatic rings. The number of halogens is 1. The number of nitrogens with one attached hydrogen (secondary N) is 1. The van der Waals surface area contributed by atoms with E-state index in [4.69, 9.17) is 4.42 Å². The van der Waals surface area contributed by atoms with E-state index in [2.05, 4.69) is 5.32 Å². The zero-order valence-corrected chi connectivity index (χ0v) is 18.1. The van der Waals surface area contributed by atoms with E-state index in [1.807, 2.05) is 24.5 Å². The summed E-state index contributed by atoms with van der Waals surface area (Å²) in [7, 11) is 0. The Kier molecular flexibility index (Phi) is 5.46. The van der Waals surface area contributed by atoms with E-state index in [0.29, 0.717) is 17.7 Å². The highest BCUT2D eigenvalue weighted by molar-refractivity contribution is 6.11. The quantitative estimate of drug-likeness (QED) is 0.448. The van der Waals surface area contributed by atoms with E-state index in [1.54, 1.807) is 25.3 Å². The van der Waals surface area contributed by atoms with E-state index < -0.39 is 23.3 Å². The van der Waals surface area contributed by atoms with Crippen LogP contribution in [0.15, 0.2) is 53.1 Å². The minimum atomic E-state index is -1.32. The van der Waals surface area contributed by atoms with Gasteiger partial charge in [0, 0.05) is 17.0 Å². The molecule has 0 aliphatic carbocycles. The minimum absolute atomic E-state index is 0.269. The number of hydrogen-bond acceptors (Lipinski definition) is 4. The lowest BCUT2D eigenvalue weighted by Crippen LogP contribution is -2.43. The zero-order chi connectivity index (χ0) is 23.0. The van der Waals surface area contributed by atoms with Crippen LogP contribution in [0.5, 0.6) is 0 Å². The predicted molar refractivity (Wildman–Crippen MR) is 115 cm³/mol. The highest BCUT2D eigenvalue weighted by atomic mass is 19.1. The monoisotopic (exact) mass is 437 g/mol. The van der Waals surface area contributed by atoms with Crippen molar-refractivity contribution < 1.29 is 23.2 Å². The van der Waals surface area contributed by atoms with Gasteiger partial charge in [0.15, 0.2) is 5.78 Å². The molecule has 1 saturated heterocycles. The molecule has 0 bridgehead atoms.